The molecule has 4 N–H and O–H groups in total. The summed E-state index contributed by atoms with van der Waals surface area (Å²) in [6.45, 7) is 1.09. The Morgan fingerprint density at radius 2 is 2.09 bits per heavy atom. The van der Waals surface area contributed by atoms with Gasteiger partial charge in [-0.15, -0.1) is 0 Å². The van der Waals surface area contributed by atoms with Crippen LogP contribution in [0.15, 0.2) is 0 Å². The molecule has 0 bridgehead atoms. The van der Waals surface area contributed by atoms with Crippen LogP contribution in [0.25, 0.3) is 0 Å². The van der Waals surface area contributed by atoms with E-state index in [0.29, 0.717) is 13.2 Å². The summed E-state index contributed by atoms with van der Waals surface area (Å²) in [6, 6.07) is 0. The van der Waals surface area contributed by atoms with Gasteiger partial charge in [-0.05, 0) is 6.42 Å². The van der Waals surface area contributed by atoms with Gasteiger partial charge >= 0.3 is 0 Å². The van der Waals surface area contributed by atoms with Crippen molar-refractivity contribution in [2.45, 2.75) is 12.1 Å². The molecule has 1 rings (SSSR count). The Morgan fingerprint density at radius 3 is 2.45 bits per heavy atom. The second kappa shape index (κ2) is 3.47. The van der Waals surface area contributed by atoms with Crippen LogP contribution in [-0.2, 0) is 4.74 Å². The fourth-order valence-corrected chi connectivity index (χ4v) is 1.36. The van der Waals surface area contributed by atoms with Gasteiger partial charge in [-0.25, -0.2) is 4.39 Å². The van der Waals surface area contributed by atoms with Crippen molar-refractivity contribution in [3.8, 4) is 0 Å². The van der Waals surface area contributed by atoms with Gasteiger partial charge in [0, 0.05) is 25.6 Å². The lowest BCUT2D eigenvalue weighted by Crippen LogP contribution is -2.47. The lowest BCUT2D eigenvalue weighted by Gasteiger charge is -2.27. The van der Waals surface area contributed by atoms with Crippen molar-refractivity contribution in [3.05, 3.63) is 0 Å². The first kappa shape index (κ1) is 8.90. The largest absolute Gasteiger partial charge is 0.381 e. The fraction of sp³-hybridized carbons (Fsp3) is 1.00. The van der Waals surface area contributed by atoms with E-state index in [-0.39, 0.29) is 19.0 Å². The molecule has 1 saturated heterocycles. The smallest absolute Gasteiger partial charge is 0.140 e. The summed E-state index contributed by atoms with van der Waals surface area (Å²) in [5.74, 6) is -0.0995. The van der Waals surface area contributed by atoms with Crippen LogP contribution in [0.3, 0.4) is 0 Å². The van der Waals surface area contributed by atoms with Crippen molar-refractivity contribution in [2.24, 2.45) is 17.4 Å². The number of alkyl halides is 1. The summed E-state index contributed by atoms with van der Waals surface area (Å²) < 4.78 is 18.7. The molecule has 11 heavy (non-hydrogen) atoms. The molecule has 0 spiro atoms. The van der Waals surface area contributed by atoms with Crippen LogP contribution in [0.4, 0.5) is 4.39 Å². The zero-order valence-corrected chi connectivity index (χ0v) is 6.55. The molecular weight excluding hydrogens is 147 g/mol. The molecule has 1 heterocycles. The van der Waals surface area contributed by atoms with Crippen LogP contribution in [0, 0.1) is 5.92 Å². The van der Waals surface area contributed by atoms with Crippen molar-refractivity contribution in [1.29, 1.82) is 0 Å². The Morgan fingerprint density at radius 1 is 1.45 bits per heavy atom. The first-order valence-electron chi connectivity index (χ1n) is 3.90. The van der Waals surface area contributed by atoms with Crippen molar-refractivity contribution < 1.29 is 9.13 Å². The van der Waals surface area contributed by atoms with Gasteiger partial charge in [0.05, 0.1) is 6.61 Å². The summed E-state index contributed by atoms with van der Waals surface area (Å²) in [6.07, 6.45) is 0.741. The Kier molecular flexibility index (Phi) is 2.81. The third-order valence-corrected chi connectivity index (χ3v) is 2.34. The highest BCUT2D eigenvalue weighted by molar-refractivity contribution is 4.90. The number of halogens is 1. The van der Waals surface area contributed by atoms with Crippen LogP contribution in [0.1, 0.15) is 6.42 Å². The van der Waals surface area contributed by atoms with Crippen molar-refractivity contribution in [1.82, 2.24) is 0 Å². The number of hydrogen-bond donors (Lipinski definition) is 2. The van der Waals surface area contributed by atoms with E-state index in [4.69, 9.17) is 16.2 Å². The molecule has 0 aromatic heterocycles. The van der Waals surface area contributed by atoms with Gasteiger partial charge in [-0.2, -0.15) is 0 Å². The summed E-state index contributed by atoms with van der Waals surface area (Å²) in [5, 5.41) is 0. The van der Waals surface area contributed by atoms with E-state index >= 15 is 0 Å². The summed E-state index contributed by atoms with van der Waals surface area (Å²) in [7, 11) is 0. The third-order valence-electron chi connectivity index (χ3n) is 2.34. The molecule has 0 unspecified atom stereocenters. The maximum Gasteiger partial charge on any atom is 0.140 e. The molecule has 0 aromatic carbocycles. The van der Waals surface area contributed by atoms with E-state index in [9.17, 15) is 4.39 Å². The van der Waals surface area contributed by atoms with E-state index in [1.54, 1.807) is 0 Å². The number of hydrogen-bond acceptors (Lipinski definition) is 3. The van der Waals surface area contributed by atoms with E-state index in [1.807, 2.05) is 0 Å². The molecule has 3 nitrogen and oxygen atoms in total. The predicted molar refractivity (Wildman–Crippen MR) is 40.9 cm³/mol. The highest BCUT2D eigenvalue weighted by Gasteiger charge is 2.38. The molecule has 66 valence electrons. The second-order valence-corrected chi connectivity index (χ2v) is 3.00. The number of rotatable bonds is 3. The van der Waals surface area contributed by atoms with Gasteiger partial charge in [0.25, 0.3) is 0 Å². The maximum atomic E-state index is 13.6. The molecule has 0 aromatic rings. The summed E-state index contributed by atoms with van der Waals surface area (Å²) >= 11 is 0. The van der Waals surface area contributed by atoms with Gasteiger partial charge < -0.3 is 16.2 Å². The van der Waals surface area contributed by atoms with E-state index in [2.05, 4.69) is 0 Å². The lowest BCUT2D eigenvalue weighted by atomic mass is 9.89. The molecule has 1 aliphatic heterocycles. The predicted octanol–water partition coefficient (Wildman–Crippen LogP) is -0.351. The number of ether oxygens (including phenoxy) is 1. The Labute approximate surface area is 65.9 Å². The van der Waals surface area contributed by atoms with Gasteiger partial charge in [0.2, 0.25) is 0 Å². The summed E-state index contributed by atoms with van der Waals surface area (Å²) in [4.78, 5) is 0. The van der Waals surface area contributed by atoms with Crippen molar-refractivity contribution >= 4 is 0 Å². The Balaban J connectivity index is 2.52. The molecule has 0 aliphatic carbocycles. The van der Waals surface area contributed by atoms with E-state index < -0.39 is 5.67 Å². The minimum Gasteiger partial charge on any atom is -0.381 e. The summed E-state index contributed by atoms with van der Waals surface area (Å²) in [5.41, 5.74) is 9.17. The molecule has 4 heteroatoms. The second-order valence-electron chi connectivity index (χ2n) is 3.00. The molecular formula is C7H15FN2O. The highest BCUT2D eigenvalue weighted by atomic mass is 19.1. The Hall–Kier alpha value is -0.190. The standard InChI is InChI=1S/C7H15FN2O/c8-7(4-9,5-10)6-1-2-11-3-6/h6H,1-5,9-10H2/t6-/m1/s1. The van der Waals surface area contributed by atoms with Crippen molar-refractivity contribution in [3.63, 3.8) is 0 Å². The van der Waals surface area contributed by atoms with Crippen LogP contribution in [-0.4, -0.2) is 32.0 Å². The van der Waals surface area contributed by atoms with Gasteiger partial charge in [0.15, 0.2) is 0 Å². The average molecular weight is 162 g/mol. The number of nitrogens with two attached hydrogens (primary N) is 2. The normalized spacial score (nSPS) is 25.9. The lowest BCUT2D eigenvalue weighted by molar-refractivity contribution is 0.0821. The first-order valence-corrected chi connectivity index (χ1v) is 3.90. The maximum absolute atomic E-state index is 13.6. The van der Waals surface area contributed by atoms with Crippen LogP contribution < -0.4 is 11.5 Å². The minimum atomic E-state index is -1.41. The molecule has 1 aliphatic rings. The zero-order chi connectivity index (χ0) is 8.32. The highest BCUT2D eigenvalue weighted by Crippen LogP contribution is 2.27. The molecule has 1 atom stereocenters. The van der Waals surface area contributed by atoms with Gasteiger partial charge in [-0.1, -0.05) is 0 Å². The zero-order valence-electron chi connectivity index (χ0n) is 6.55. The van der Waals surface area contributed by atoms with Crippen LogP contribution in [0.2, 0.25) is 0 Å². The Bertz CT molecular complexity index is 122. The third kappa shape index (κ3) is 1.69. The molecule has 0 amide bonds. The minimum absolute atomic E-state index is 0.00245. The van der Waals surface area contributed by atoms with Crippen molar-refractivity contribution in [2.75, 3.05) is 26.3 Å². The average Bonchev–Trinajstić information content (AvgIpc) is 2.55. The fourth-order valence-electron chi connectivity index (χ4n) is 1.36. The molecule has 0 radical (unpaired) electrons. The SMILES string of the molecule is NCC(F)(CN)[C@@H]1CCOC1. The monoisotopic (exact) mass is 162 g/mol. The first-order chi connectivity index (χ1) is 5.23. The topological polar surface area (TPSA) is 61.3 Å². The van der Waals surface area contributed by atoms with E-state index in [1.165, 1.54) is 0 Å². The molecule has 0 saturated carbocycles. The van der Waals surface area contributed by atoms with E-state index in [0.717, 1.165) is 6.42 Å². The van der Waals surface area contributed by atoms with Gasteiger partial charge in [0.1, 0.15) is 5.67 Å². The van der Waals surface area contributed by atoms with Crippen LogP contribution in [0.5, 0.6) is 0 Å². The quantitative estimate of drug-likeness (QED) is 0.596. The van der Waals surface area contributed by atoms with Gasteiger partial charge in [-0.3, -0.25) is 0 Å². The van der Waals surface area contributed by atoms with Crippen LogP contribution >= 0.6 is 0 Å². The molecule has 1 fully saturated rings.